The maximum absolute atomic E-state index is 12.4. The molecule has 0 spiro atoms. The second-order valence-electron chi connectivity index (χ2n) is 5.63. The van der Waals surface area contributed by atoms with Gasteiger partial charge in [0.05, 0.1) is 11.1 Å². The van der Waals surface area contributed by atoms with E-state index in [1.165, 1.54) is 0 Å². The summed E-state index contributed by atoms with van der Waals surface area (Å²) in [7, 11) is 0. The van der Waals surface area contributed by atoms with Gasteiger partial charge in [0.1, 0.15) is 11.5 Å². The molecule has 0 fully saturated rings. The Hall–Kier alpha value is -2.20. The highest BCUT2D eigenvalue weighted by atomic mass is 35.5. The van der Waals surface area contributed by atoms with E-state index < -0.39 is 6.10 Å². The van der Waals surface area contributed by atoms with Gasteiger partial charge in [-0.25, -0.2) is 0 Å². The van der Waals surface area contributed by atoms with Crippen molar-refractivity contribution in [3.8, 4) is 11.5 Å². The van der Waals surface area contributed by atoms with Crippen molar-refractivity contribution in [3.63, 3.8) is 0 Å². The van der Waals surface area contributed by atoms with E-state index in [1.54, 1.807) is 24.3 Å². The molecule has 0 aromatic heterocycles. The summed E-state index contributed by atoms with van der Waals surface area (Å²) < 4.78 is 11.3. The second-order valence-corrected chi connectivity index (χ2v) is 6.03. The van der Waals surface area contributed by atoms with Crippen molar-refractivity contribution in [2.75, 3.05) is 5.32 Å². The summed E-state index contributed by atoms with van der Waals surface area (Å²) in [5.74, 6) is 1.05. The van der Waals surface area contributed by atoms with Crippen LogP contribution in [0.4, 0.5) is 5.69 Å². The van der Waals surface area contributed by atoms with Crippen LogP contribution in [0.2, 0.25) is 5.02 Å². The van der Waals surface area contributed by atoms with E-state index in [-0.39, 0.29) is 12.0 Å². The van der Waals surface area contributed by atoms with Gasteiger partial charge in [-0.05, 0) is 56.7 Å². The normalized spacial score (nSPS) is 11.9. The first-order valence-corrected chi connectivity index (χ1v) is 8.36. The summed E-state index contributed by atoms with van der Waals surface area (Å²) in [6.45, 7) is 5.82. The molecule has 0 unspecified atom stereocenters. The molecule has 0 radical (unpaired) electrons. The fourth-order valence-electron chi connectivity index (χ4n) is 2.13. The zero-order valence-corrected chi connectivity index (χ0v) is 14.8. The zero-order chi connectivity index (χ0) is 17.5. The van der Waals surface area contributed by atoms with Gasteiger partial charge in [0.2, 0.25) is 0 Å². The molecule has 2 aromatic carbocycles. The molecule has 128 valence electrons. The minimum Gasteiger partial charge on any atom is -0.491 e. The van der Waals surface area contributed by atoms with Gasteiger partial charge >= 0.3 is 0 Å². The van der Waals surface area contributed by atoms with Crippen LogP contribution in [-0.2, 0) is 4.79 Å². The smallest absolute Gasteiger partial charge is 0.265 e. The molecule has 0 aliphatic heterocycles. The summed E-state index contributed by atoms with van der Waals surface area (Å²) in [4.78, 5) is 12.4. The first kappa shape index (κ1) is 18.1. The van der Waals surface area contributed by atoms with E-state index in [1.807, 2.05) is 45.0 Å². The third kappa shape index (κ3) is 5.17. The largest absolute Gasteiger partial charge is 0.491 e. The van der Waals surface area contributed by atoms with E-state index in [0.717, 1.165) is 5.75 Å². The second kappa shape index (κ2) is 8.60. The Bertz CT molecular complexity index is 671. The molecule has 1 atom stereocenters. The maximum atomic E-state index is 12.4. The van der Waals surface area contributed by atoms with Crippen LogP contribution in [-0.4, -0.2) is 18.1 Å². The van der Waals surface area contributed by atoms with E-state index >= 15 is 0 Å². The van der Waals surface area contributed by atoms with Crippen molar-refractivity contribution in [3.05, 3.63) is 53.6 Å². The molecule has 0 heterocycles. The molecule has 2 aromatic rings. The standard InChI is InChI=1S/C19H22ClNO3/c1-4-17(24-18-8-6-5-7-16(18)20)19(22)21-14-9-11-15(12-10-14)23-13(2)3/h5-13,17H,4H2,1-3H3,(H,21,22)/t17-/m1/s1. The summed E-state index contributed by atoms with van der Waals surface area (Å²) in [6.07, 6.45) is 0.0291. The number of carbonyl (C=O) groups is 1. The summed E-state index contributed by atoms with van der Waals surface area (Å²) in [5, 5.41) is 3.34. The van der Waals surface area contributed by atoms with Crippen LogP contribution in [0.25, 0.3) is 0 Å². The van der Waals surface area contributed by atoms with Gasteiger partial charge in [-0.3, -0.25) is 4.79 Å². The van der Waals surface area contributed by atoms with Crippen molar-refractivity contribution in [2.45, 2.75) is 39.4 Å². The van der Waals surface area contributed by atoms with Crippen LogP contribution in [0.15, 0.2) is 48.5 Å². The van der Waals surface area contributed by atoms with Crippen molar-refractivity contribution in [1.29, 1.82) is 0 Å². The highest BCUT2D eigenvalue weighted by Crippen LogP contribution is 2.25. The van der Waals surface area contributed by atoms with Crippen molar-refractivity contribution >= 4 is 23.2 Å². The van der Waals surface area contributed by atoms with Crippen LogP contribution in [0.3, 0.4) is 0 Å². The zero-order valence-electron chi connectivity index (χ0n) is 14.1. The number of benzene rings is 2. The fourth-order valence-corrected chi connectivity index (χ4v) is 2.31. The minimum absolute atomic E-state index is 0.110. The first-order chi connectivity index (χ1) is 11.5. The SMILES string of the molecule is CC[C@@H](Oc1ccccc1Cl)C(=O)Nc1ccc(OC(C)C)cc1. The van der Waals surface area contributed by atoms with E-state index in [9.17, 15) is 4.79 Å². The number of rotatable bonds is 7. The lowest BCUT2D eigenvalue weighted by Crippen LogP contribution is -2.32. The number of para-hydroxylation sites is 1. The molecule has 0 saturated carbocycles. The van der Waals surface area contributed by atoms with Gasteiger partial charge in [-0.15, -0.1) is 0 Å². The lowest BCUT2D eigenvalue weighted by atomic mass is 10.2. The molecular formula is C19H22ClNO3. The molecule has 1 amide bonds. The Labute approximate surface area is 147 Å². The number of amides is 1. The van der Waals surface area contributed by atoms with Crippen LogP contribution in [0.5, 0.6) is 11.5 Å². The van der Waals surface area contributed by atoms with E-state index in [0.29, 0.717) is 22.9 Å². The molecule has 0 aliphatic carbocycles. The number of halogens is 1. The Balaban J connectivity index is 2.00. The van der Waals surface area contributed by atoms with Gasteiger partial charge in [0.25, 0.3) is 5.91 Å². The van der Waals surface area contributed by atoms with E-state index in [4.69, 9.17) is 21.1 Å². The quantitative estimate of drug-likeness (QED) is 0.773. The van der Waals surface area contributed by atoms with Gasteiger partial charge in [-0.2, -0.15) is 0 Å². The molecule has 1 N–H and O–H groups in total. The molecule has 0 saturated heterocycles. The average molecular weight is 348 g/mol. The van der Waals surface area contributed by atoms with Gasteiger partial charge in [-0.1, -0.05) is 30.7 Å². The van der Waals surface area contributed by atoms with Crippen LogP contribution in [0, 0.1) is 0 Å². The lowest BCUT2D eigenvalue weighted by molar-refractivity contribution is -0.122. The summed E-state index contributed by atoms with van der Waals surface area (Å²) in [5.41, 5.74) is 0.692. The molecule has 5 heteroatoms. The van der Waals surface area contributed by atoms with Crippen molar-refractivity contribution in [1.82, 2.24) is 0 Å². The summed E-state index contributed by atoms with van der Waals surface area (Å²) in [6, 6.07) is 14.4. The maximum Gasteiger partial charge on any atom is 0.265 e. The molecule has 0 aliphatic rings. The van der Waals surface area contributed by atoms with Gasteiger partial charge in [0, 0.05) is 5.69 Å². The lowest BCUT2D eigenvalue weighted by Gasteiger charge is -2.18. The molecule has 24 heavy (non-hydrogen) atoms. The fraction of sp³-hybridized carbons (Fsp3) is 0.316. The third-order valence-corrected chi connectivity index (χ3v) is 3.57. The van der Waals surface area contributed by atoms with Gasteiger partial charge in [0.15, 0.2) is 6.10 Å². The Morgan fingerprint density at radius 3 is 2.33 bits per heavy atom. The van der Waals surface area contributed by atoms with E-state index in [2.05, 4.69) is 5.32 Å². The number of anilines is 1. The van der Waals surface area contributed by atoms with Crippen LogP contribution >= 0.6 is 11.6 Å². The van der Waals surface area contributed by atoms with Crippen LogP contribution < -0.4 is 14.8 Å². The molecular weight excluding hydrogens is 326 g/mol. The Morgan fingerprint density at radius 2 is 1.75 bits per heavy atom. The number of carbonyl (C=O) groups excluding carboxylic acids is 1. The highest BCUT2D eigenvalue weighted by molar-refractivity contribution is 6.32. The first-order valence-electron chi connectivity index (χ1n) is 7.98. The predicted molar refractivity (Wildman–Crippen MR) is 97.0 cm³/mol. The third-order valence-electron chi connectivity index (χ3n) is 3.26. The summed E-state index contributed by atoms with van der Waals surface area (Å²) >= 11 is 6.08. The van der Waals surface area contributed by atoms with Crippen molar-refractivity contribution < 1.29 is 14.3 Å². The molecule has 2 rings (SSSR count). The number of hydrogen-bond donors (Lipinski definition) is 1. The number of ether oxygens (including phenoxy) is 2. The number of nitrogens with one attached hydrogen (secondary N) is 1. The van der Waals surface area contributed by atoms with Crippen molar-refractivity contribution in [2.24, 2.45) is 0 Å². The Morgan fingerprint density at radius 1 is 1.08 bits per heavy atom. The van der Waals surface area contributed by atoms with Gasteiger partial charge < -0.3 is 14.8 Å². The average Bonchev–Trinajstić information content (AvgIpc) is 2.55. The topological polar surface area (TPSA) is 47.6 Å². The molecule has 0 bridgehead atoms. The highest BCUT2D eigenvalue weighted by Gasteiger charge is 2.19. The minimum atomic E-state index is -0.614. The number of hydrogen-bond acceptors (Lipinski definition) is 3. The Kier molecular flexibility index (Phi) is 6.50. The van der Waals surface area contributed by atoms with Crippen LogP contribution in [0.1, 0.15) is 27.2 Å². The predicted octanol–water partition coefficient (Wildman–Crippen LogP) is 4.92. The monoisotopic (exact) mass is 347 g/mol. The molecule has 4 nitrogen and oxygen atoms in total.